The van der Waals surface area contributed by atoms with Crippen LogP contribution in [0, 0.1) is 5.82 Å². The minimum atomic E-state index is -0.769. The molecule has 1 fully saturated rings. The van der Waals surface area contributed by atoms with E-state index < -0.39 is 5.54 Å². The van der Waals surface area contributed by atoms with E-state index in [4.69, 9.17) is 5.73 Å². The van der Waals surface area contributed by atoms with Gasteiger partial charge in [-0.1, -0.05) is 6.07 Å². The summed E-state index contributed by atoms with van der Waals surface area (Å²) in [6.45, 7) is 3.12. The fourth-order valence-electron chi connectivity index (χ4n) is 2.84. The predicted molar refractivity (Wildman–Crippen MR) is 76.1 cm³/mol. The Balaban J connectivity index is 1.80. The summed E-state index contributed by atoms with van der Waals surface area (Å²) in [5, 5.41) is 3.33. The second-order valence-electron chi connectivity index (χ2n) is 6.06. The molecule has 0 bridgehead atoms. The zero-order chi connectivity index (χ0) is 14.3. The number of nitrogens with two attached hydrogens (primary N) is 1. The van der Waals surface area contributed by atoms with Crippen LogP contribution in [0.2, 0.25) is 0 Å². The Bertz CT molecular complexity index is 544. The maximum absolute atomic E-state index is 13.4. The van der Waals surface area contributed by atoms with E-state index >= 15 is 0 Å². The summed E-state index contributed by atoms with van der Waals surface area (Å²) < 4.78 is 13.4. The third kappa shape index (κ3) is 2.50. The van der Waals surface area contributed by atoms with Gasteiger partial charge in [-0.2, -0.15) is 0 Å². The Morgan fingerprint density at radius 1 is 1.55 bits per heavy atom. The first-order valence-electron chi connectivity index (χ1n) is 7.09. The molecule has 3 N–H and O–H groups in total. The van der Waals surface area contributed by atoms with Gasteiger partial charge in [-0.3, -0.25) is 10.1 Å². The lowest BCUT2D eigenvalue weighted by Crippen LogP contribution is -2.60. The average molecular weight is 277 g/mol. The maximum Gasteiger partial charge on any atom is 0.239 e. The third-order valence-electron chi connectivity index (χ3n) is 4.19. The lowest BCUT2D eigenvalue weighted by molar-refractivity contribution is -0.123. The number of nitrogens with zero attached hydrogens (tertiary/aromatic N) is 1. The Morgan fingerprint density at radius 3 is 2.95 bits per heavy atom. The molecule has 1 amide bonds. The third-order valence-corrected chi connectivity index (χ3v) is 4.19. The number of hydrogen-bond donors (Lipinski definition) is 2. The van der Waals surface area contributed by atoms with E-state index in [1.54, 1.807) is 6.07 Å². The fourth-order valence-corrected chi connectivity index (χ4v) is 2.84. The van der Waals surface area contributed by atoms with Crippen LogP contribution >= 0.6 is 0 Å². The molecule has 1 heterocycles. The van der Waals surface area contributed by atoms with Crippen molar-refractivity contribution in [2.75, 3.05) is 18.0 Å². The summed E-state index contributed by atoms with van der Waals surface area (Å²) >= 11 is 0. The lowest BCUT2D eigenvalue weighted by Gasteiger charge is -2.33. The summed E-state index contributed by atoms with van der Waals surface area (Å²) in [5.41, 5.74) is 6.82. The van der Waals surface area contributed by atoms with Crippen LogP contribution < -0.4 is 16.0 Å². The van der Waals surface area contributed by atoms with E-state index in [0.717, 1.165) is 37.1 Å². The Hall–Kier alpha value is -1.62. The van der Waals surface area contributed by atoms with Crippen molar-refractivity contribution in [3.05, 3.63) is 29.6 Å². The smallest absolute Gasteiger partial charge is 0.239 e. The molecule has 4 nitrogen and oxygen atoms in total. The number of benzene rings is 1. The quantitative estimate of drug-likeness (QED) is 0.850. The number of primary amides is 1. The van der Waals surface area contributed by atoms with Gasteiger partial charge in [0.2, 0.25) is 5.91 Å². The van der Waals surface area contributed by atoms with Gasteiger partial charge >= 0.3 is 0 Å². The van der Waals surface area contributed by atoms with Gasteiger partial charge in [0.15, 0.2) is 0 Å². The van der Waals surface area contributed by atoms with Crippen LogP contribution in [0.3, 0.4) is 0 Å². The molecular formula is C15H20FN3O. The highest BCUT2D eigenvalue weighted by molar-refractivity contribution is 5.85. The van der Waals surface area contributed by atoms with Gasteiger partial charge in [0.1, 0.15) is 11.4 Å². The minimum absolute atomic E-state index is 0.244. The van der Waals surface area contributed by atoms with E-state index in [1.807, 2.05) is 13.0 Å². The molecule has 0 saturated heterocycles. The van der Waals surface area contributed by atoms with E-state index in [-0.39, 0.29) is 11.7 Å². The van der Waals surface area contributed by atoms with Gasteiger partial charge in [-0.25, -0.2) is 4.39 Å². The highest BCUT2D eigenvalue weighted by atomic mass is 19.1. The van der Waals surface area contributed by atoms with Crippen LogP contribution in [0.5, 0.6) is 0 Å². The van der Waals surface area contributed by atoms with Gasteiger partial charge in [-0.15, -0.1) is 0 Å². The molecule has 20 heavy (non-hydrogen) atoms. The monoisotopic (exact) mass is 277 g/mol. The number of anilines is 1. The number of amides is 1. The zero-order valence-electron chi connectivity index (χ0n) is 11.7. The molecule has 2 aliphatic rings. The number of hydrogen-bond acceptors (Lipinski definition) is 3. The fraction of sp³-hybridized carbons (Fsp3) is 0.533. The second-order valence-corrected chi connectivity index (χ2v) is 6.06. The molecule has 1 atom stereocenters. The largest absolute Gasteiger partial charge is 0.369 e. The molecule has 0 aromatic heterocycles. The molecule has 0 radical (unpaired) electrons. The second kappa shape index (κ2) is 4.74. The average Bonchev–Trinajstić information content (AvgIpc) is 3.11. The molecule has 1 aromatic rings. The van der Waals surface area contributed by atoms with Crippen LogP contribution in [-0.2, 0) is 11.2 Å². The maximum atomic E-state index is 13.4. The van der Waals surface area contributed by atoms with Crippen molar-refractivity contribution >= 4 is 11.6 Å². The van der Waals surface area contributed by atoms with E-state index in [1.165, 1.54) is 6.07 Å². The number of carbonyl (C=O) groups excluding carboxylic acids is 1. The molecule has 5 heteroatoms. The molecule has 1 saturated carbocycles. The standard InChI is InChI=1S/C15H20FN3O/c1-15(14(17)20,18-12-4-5-12)9-19-7-6-10-2-3-11(16)8-13(10)19/h2-3,8,12,18H,4-7,9H2,1H3,(H2,17,20). The van der Waals surface area contributed by atoms with Crippen molar-refractivity contribution in [3.8, 4) is 0 Å². The molecule has 0 spiro atoms. The summed E-state index contributed by atoms with van der Waals surface area (Å²) in [6, 6.07) is 5.24. The van der Waals surface area contributed by atoms with Gasteiger partial charge < -0.3 is 10.6 Å². The van der Waals surface area contributed by atoms with Gasteiger partial charge in [0, 0.05) is 24.8 Å². The highest BCUT2D eigenvalue weighted by Crippen LogP contribution is 2.31. The van der Waals surface area contributed by atoms with Crippen molar-refractivity contribution in [3.63, 3.8) is 0 Å². The van der Waals surface area contributed by atoms with Crippen LogP contribution in [-0.4, -0.2) is 30.6 Å². The molecule has 1 aliphatic heterocycles. The molecule has 1 unspecified atom stereocenters. The first-order valence-corrected chi connectivity index (χ1v) is 7.09. The number of fused-ring (bicyclic) bond motifs is 1. The van der Waals surface area contributed by atoms with E-state index in [9.17, 15) is 9.18 Å². The zero-order valence-corrected chi connectivity index (χ0v) is 11.7. The molecule has 3 rings (SSSR count). The van der Waals surface area contributed by atoms with Gasteiger partial charge in [0.25, 0.3) is 0 Å². The predicted octanol–water partition coefficient (Wildman–Crippen LogP) is 1.18. The molecule has 108 valence electrons. The molecule has 1 aliphatic carbocycles. The summed E-state index contributed by atoms with van der Waals surface area (Å²) in [5.74, 6) is -0.596. The first kappa shape index (κ1) is 13.4. The Labute approximate surface area is 118 Å². The van der Waals surface area contributed by atoms with Crippen molar-refractivity contribution in [2.24, 2.45) is 5.73 Å². The Morgan fingerprint density at radius 2 is 2.30 bits per heavy atom. The van der Waals surface area contributed by atoms with Crippen LogP contribution in [0.15, 0.2) is 18.2 Å². The van der Waals surface area contributed by atoms with Crippen LogP contribution in [0.25, 0.3) is 0 Å². The SMILES string of the molecule is CC(CN1CCc2ccc(F)cc21)(NC1CC1)C(N)=O. The van der Waals surface area contributed by atoms with E-state index in [0.29, 0.717) is 12.6 Å². The number of halogens is 1. The van der Waals surface area contributed by atoms with Crippen molar-refractivity contribution in [1.82, 2.24) is 5.32 Å². The van der Waals surface area contributed by atoms with Crippen molar-refractivity contribution in [2.45, 2.75) is 37.8 Å². The lowest BCUT2D eigenvalue weighted by atomic mass is 10.0. The minimum Gasteiger partial charge on any atom is -0.369 e. The van der Waals surface area contributed by atoms with Crippen LogP contribution in [0.1, 0.15) is 25.3 Å². The van der Waals surface area contributed by atoms with Gasteiger partial charge in [-0.05, 0) is 43.9 Å². The molecular weight excluding hydrogens is 257 g/mol. The van der Waals surface area contributed by atoms with Crippen molar-refractivity contribution in [1.29, 1.82) is 0 Å². The van der Waals surface area contributed by atoms with Gasteiger partial charge in [0.05, 0.1) is 0 Å². The van der Waals surface area contributed by atoms with Crippen LogP contribution in [0.4, 0.5) is 10.1 Å². The summed E-state index contributed by atoms with van der Waals surface area (Å²) in [6.07, 6.45) is 3.07. The Kier molecular flexibility index (Phi) is 3.17. The highest BCUT2D eigenvalue weighted by Gasteiger charge is 2.39. The number of carbonyl (C=O) groups is 1. The topological polar surface area (TPSA) is 58.4 Å². The normalized spacial score (nSPS) is 20.6. The number of rotatable bonds is 5. The van der Waals surface area contributed by atoms with E-state index in [2.05, 4.69) is 10.2 Å². The summed E-state index contributed by atoms with van der Waals surface area (Å²) in [7, 11) is 0. The number of nitrogens with one attached hydrogen (secondary N) is 1. The summed E-state index contributed by atoms with van der Waals surface area (Å²) in [4.78, 5) is 13.9. The first-order chi connectivity index (χ1) is 9.48. The molecule has 1 aromatic carbocycles. The van der Waals surface area contributed by atoms with Crippen molar-refractivity contribution < 1.29 is 9.18 Å².